The number of rotatable bonds is 8. The molecule has 1 unspecified atom stereocenters. The monoisotopic (exact) mass is 509 g/mol. The third-order valence-electron chi connectivity index (χ3n) is 5.43. The van der Waals surface area contributed by atoms with Gasteiger partial charge in [0.2, 0.25) is 0 Å². The van der Waals surface area contributed by atoms with Crippen LogP contribution < -0.4 is 17.0 Å². The van der Waals surface area contributed by atoms with E-state index in [4.69, 9.17) is 24.3 Å². The largest absolute Gasteiger partial charge is 0.462 e. The minimum atomic E-state index is -3.84. The van der Waals surface area contributed by atoms with E-state index in [1.54, 1.807) is 20.8 Å². The summed E-state index contributed by atoms with van der Waals surface area (Å²) < 4.78 is 59.9. The fraction of sp³-hybridized carbons (Fsp3) is 0.722. The van der Waals surface area contributed by atoms with Crippen molar-refractivity contribution in [1.29, 1.82) is 0 Å². The van der Waals surface area contributed by atoms with Gasteiger partial charge < -0.3 is 24.3 Å². The van der Waals surface area contributed by atoms with Gasteiger partial charge >= 0.3 is 19.3 Å². The molecule has 1 aromatic heterocycles. The number of nitrogens with zero attached hydrogens (tertiary/aromatic N) is 1. The Labute approximate surface area is 190 Å². The summed E-state index contributed by atoms with van der Waals surface area (Å²) in [6.07, 6.45) is -0.892. The summed E-state index contributed by atoms with van der Waals surface area (Å²) in [6, 6.07) is 1.16. The standard InChI is InChI=1S/C18H28N3O10PS/c1-11(2)30-15(23)10-33(26,27)7-6-28-32(25)9-12-13(8-29-32)31-16(18(12,3)19)21-5-4-14(22)20-17(21)24/h4-5,11-13,16H,6-10,19H2,1-3H3,(H,20,22,24)/t12-,13-,16-,18-,32?/m1/s1. The van der Waals surface area contributed by atoms with Crippen molar-refractivity contribution in [2.45, 2.75) is 44.7 Å². The van der Waals surface area contributed by atoms with E-state index in [2.05, 4.69) is 4.98 Å². The van der Waals surface area contributed by atoms with Crippen LogP contribution in [0.2, 0.25) is 0 Å². The van der Waals surface area contributed by atoms with E-state index in [1.807, 2.05) is 0 Å². The quantitative estimate of drug-likeness (QED) is 0.336. The minimum absolute atomic E-state index is 0.142. The molecule has 0 aliphatic carbocycles. The number of sulfone groups is 1. The van der Waals surface area contributed by atoms with Gasteiger partial charge in [0.05, 0.1) is 42.9 Å². The van der Waals surface area contributed by atoms with Gasteiger partial charge in [-0.1, -0.05) is 0 Å². The van der Waals surface area contributed by atoms with Gasteiger partial charge in [0.15, 0.2) is 16.1 Å². The topological polar surface area (TPSA) is 186 Å². The first-order chi connectivity index (χ1) is 15.2. The van der Waals surface area contributed by atoms with E-state index >= 15 is 0 Å². The molecule has 13 nitrogen and oxygen atoms in total. The number of nitrogens with two attached hydrogens (primary N) is 1. The molecule has 0 bridgehead atoms. The van der Waals surface area contributed by atoms with E-state index < -0.39 is 82.7 Å². The van der Waals surface area contributed by atoms with Crippen molar-refractivity contribution in [2.24, 2.45) is 11.7 Å². The number of fused-ring (bicyclic) bond motifs is 1. The normalized spacial score (nSPS) is 32.0. The van der Waals surface area contributed by atoms with Gasteiger partial charge in [0.1, 0.15) is 5.75 Å². The number of carbonyl (C=O) groups is 1. The van der Waals surface area contributed by atoms with Crippen LogP contribution in [0.4, 0.5) is 0 Å². The highest BCUT2D eigenvalue weighted by Crippen LogP contribution is 2.58. The lowest BCUT2D eigenvalue weighted by molar-refractivity contribution is -0.144. The predicted molar refractivity (Wildman–Crippen MR) is 116 cm³/mol. The lowest BCUT2D eigenvalue weighted by Crippen LogP contribution is -2.52. The molecule has 0 radical (unpaired) electrons. The first kappa shape index (κ1) is 25.8. The highest BCUT2D eigenvalue weighted by Gasteiger charge is 2.57. The number of esters is 1. The average molecular weight is 509 g/mol. The van der Waals surface area contributed by atoms with Gasteiger partial charge in [-0.25, -0.2) is 13.2 Å². The number of nitrogens with one attached hydrogen (secondary N) is 1. The zero-order chi connectivity index (χ0) is 24.6. The lowest BCUT2D eigenvalue weighted by atomic mass is 9.85. The Balaban J connectivity index is 1.64. The molecule has 0 spiro atoms. The molecule has 2 saturated heterocycles. The van der Waals surface area contributed by atoms with Gasteiger partial charge in [0.25, 0.3) is 5.56 Å². The third kappa shape index (κ3) is 6.00. The Morgan fingerprint density at radius 2 is 2.12 bits per heavy atom. The highest BCUT2D eigenvalue weighted by atomic mass is 32.2. The Morgan fingerprint density at radius 1 is 1.42 bits per heavy atom. The molecular weight excluding hydrogens is 481 g/mol. The molecule has 186 valence electrons. The van der Waals surface area contributed by atoms with Crippen molar-refractivity contribution in [1.82, 2.24) is 9.55 Å². The Hall–Kier alpha value is -1.83. The van der Waals surface area contributed by atoms with Crippen molar-refractivity contribution in [3.63, 3.8) is 0 Å². The minimum Gasteiger partial charge on any atom is -0.462 e. The fourth-order valence-corrected chi connectivity index (χ4v) is 7.03. The first-order valence-electron chi connectivity index (χ1n) is 10.3. The van der Waals surface area contributed by atoms with Gasteiger partial charge in [-0.05, 0) is 20.8 Å². The molecule has 0 saturated carbocycles. The number of aromatic amines is 1. The molecule has 3 heterocycles. The van der Waals surface area contributed by atoms with Crippen molar-refractivity contribution in [2.75, 3.05) is 30.9 Å². The van der Waals surface area contributed by atoms with Crippen molar-refractivity contribution in [3.8, 4) is 0 Å². The Bertz CT molecular complexity index is 1160. The lowest BCUT2D eigenvalue weighted by Gasteiger charge is -2.36. The van der Waals surface area contributed by atoms with Crippen LogP contribution >= 0.6 is 7.60 Å². The van der Waals surface area contributed by atoms with Crippen LogP contribution in [0.3, 0.4) is 0 Å². The van der Waals surface area contributed by atoms with E-state index in [0.717, 1.165) is 10.6 Å². The summed E-state index contributed by atoms with van der Waals surface area (Å²) in [7, 11) is -7.57. The second kappa shape index (κ2) is 9.43. The molecule has 33 heavy (non-hydrogen) atoms. The Morgan fingerprint density at radius 3 is 2.76 bits per heavy atom. The summed E-state index contributed by atoms with van der Waals surface area (Å²) in [5.74, 6) is -2.78. The summed E-state index contributed by atoms with van der Waals surface area (Å²) in [6.45, 7) is 4.24. The molecule has 3 rings (SSSR count). The number of H-pyrrole nitrogens is 1. The average Bonchev–Trinajstić information content (AvgIpc) is 2.90. The van der Waals surface area contributed by atoms with Crippen LogP contribution in [0.15, 0.2) is 21.9 Å². The van der Waals surface area contributed by atoms with Crippen LogP contribution in [0.25, 0.3) is 0 Å². The maximum atomic E-state index is 13.1. The third-order valence-corrected chi connectivity index (χ3v) is 8.85. The van der Waals surface area contributed by atoms with E-state index in [-0.39, 0.29) is 12.8 Å². The van der Waals surface area contributed by atoms with Crippen LogP contribution in [0, 0.1) is 5.92 Å². The zero-order valence-electron chi connectivity index (χ0n) is 18.5. The van der Waals surface area contributed by atoms with E-state index in [0.29, 0.717) is 0 Å². The second-order valence-corrected chi connectivity index (χ2v) is 12.9. The van der Waals surface area contributed by atoms with E-state index in [1.165, 1.54) is 6.20 Å². The number of carbonyl (C=O) groups excluding carboxylic acids is 1. The van der Waals surface area contributed by atoms with Crippen molar-refractivity contribution in [3.05, 3.63) is 33.1 Å². The van der Waals surface area contributed by atoms with Crippen molar-refractivity contribution >= 4 is 23.4 Å². The molecule has 0 amide bonds. The molecule has 3 N–H and O–H groups in total. The number of hydrogen-bond acceptors (Lipinski definition) is 11. The fourth-order valence-electron chi connectivity index (χ4n) is 3.86. The molecule has 2 fully saturated rings. The summed E-state index contributed by atoms with van der Waals surface area (Å²) in [5.41, 5.74) is 4.02. The summed E-state index contributed by atoms with van der Waals surface area (Å²) in [4.78, 5) is 37.3. The van der Waals surface area contributed by atoms with Crippen LogP contribution in [-0.2, 0) is 37.7 Å². The number of ether oxygens (including phenoxy) is 2. The van der Waals surface area contributed by atoms with Gasteiger partial charge in [0, 0.05) is 18.2 Å². The summed E-state index contributed by atoms with van der Waals surface area (Å²) in [5, 5.41) is 0. The van der Waals surface area contributed by atoms with Crippen LogP contribution in [-0.4, -0.2) is 72.6 Å². The smallest absolute Gasteiger partial charge is 0.331 e. The maximum absolute atomic E-state index is 13.1. The SMILES string of the molecule is CC(C)OC(=O)CS(=O)(=O)CCOP1(=O)C[C@@H]2[C@@H](CO1)O[C@@H](n1ccc(=O)[nH]c1=O)[C@]2(C)N. The maximum Gasteiger partial charge on any atom is 0.331 e. The summed E-state index contributed by atoms with van der Waals surface area (Å²) >= 11 is 0. The molecule has 1 aromatic rings. The van der Waals surface area contributed by atoms with Gasteiger partial charge in [-0.15, -0.1) is 0 Å². The molecule has 15 heteroatoms. The number of hydrogen-bond donors (Lipinski definition) is 2. The zero-order valence-corrected chi connectivity index (χ0v) is 20.2. The number of aromatic nitrogens is 2. The second-order valence-electron chi connectivity index (χ2n) is 8.57. The molecular formula is C18H28N3O10PS. The van der Waals surface area contributed by atoms with Gasteiger partial charge in [-0.2, -0.15) is 0 Å². The van der Waals surface area contributed by atoms with Crippen LogP contribution in [0.1, 0.15) is 27.0 Å². The first-order valence-corrected chi connectivity index (χ1v) is 13.8. The van der Waals surface area contributed by atoms with Crippen molar-refractivity contribution < 1.29 is 36.3 Å². The molecule has 2 aliphatic heterocycles. The molecule has 5 atom stereocenters. The van der Waals surface area contributed by atoms with Crippen LogP contribution in [0.5, 0.6) is 0 Å². The van der Waals surface area contributed by atoms with Gasteiger partial charge in [-0.3, -0.25) is 23.7 Å². The highest BCUT2D eigenvalue weighted by molar-refractivity contribution is 7.92. The molecule has 0 aromatic carbocycles. The molecule has 2 aliphatic rings. The Kier molecular flexibility index (Phi) is 7.37. The predicted octanol–water partition coefficient (Wildman–Crippen LogP) is -0.626. The van der Waals surface area contributed by atoms with E-state index in [9.17, 15) is 27.4 Å².